The van der Waals surface area contributed by atoms with E-state index >= 15 is 0 Å². The minimum atomic E-state index is -4.32. The lowest BCUT2D eigenvalue weighted by molar-refractivity contribution is -0.141. The van der Waals surface area contributed by atoms with Gasteiger partial charge in [0.25, 0.3) is 0 Å². The number of hydrogen-bond acceptors (Lipinski definition) is 1. The van der Waals surface area contributed by atoms with Gasteiger partial charge in [0.15, 0.2) is 5.69 Å². The van der Waals surface area contributed by atoms with E-state index in [4.69, 9.17) is 0 Å². The first-order valence-corrected chi connectivity index (χ1v) is 5.12. The zero-order chi connectivity index (χ0) is 11.1. The van der Waals surface area contributed by atoms with Crippen molar-refractivity contribution in [2.45, 2.75) is 44.8 Å². The third kappa shape index (κ3) is 2.01. The zero-order valence-corrected chi connectivity index (χ0v) is 8.51. The molecule has 5 heteroatoms. The molecule has 1 aromatic heterocycles. The second-order valence-electron chi connectivity index (χ2n) is 4.05. The van der Waals surface area contributed by atoms with E-state index in [-0.39, 0.29) is 6.04 Å². The van der Waals surface area contributed by atoms with E-state index in [0.717, 1.165) is 31.7 Å². The van der Waals surface area contributed by atoms with Crippen LogP contribution in [0.25, 0.3) is 0 Å². The summed E-state index contributed by atoms with van der Waals surface area (Å²) < 4.78 is 38.7. The van der Waals surface area contributed by atoms with Gasteiger partial charge in [-0.2, -0.15) is 18.3 Å². The number of alkyl halides is 3. The molecule has 1 aliphatic rings. The van der Waals surface area contributed by atoms with E-state index in [9.17, 15) is 13.2 Å². The van der Waals surface area contributed by atoms with Gasteiger partial charge in [-0.3, -0.25) is 4.68 Å². The topological polar surface area (TPSA) is 17.8 Å². The Hall–Kier alpha value is -1.00. The third-order valence-electron chi connectivity index (χ3n) is 2.88. The summed E-state index contributed by atoms with van der Waals surface area (Å²) >= 11 is 0. The maximum atomic E-state index is 12.4. The van der Waals surface area contributed by atoms with Crippen molar-refractivity contribution in [3.05, 3.63) is 17.5 Å². The second-order valence-corrected chi connectivity index (χ2v) is 4.05. The van der Waals surface area contributed by atoms with E-state index in [2.05, 4.69) is 5.10 Å². The molecule has 0 aromatic carbocycles. The first kappa shape index (κ1) is 10.5. The van der Waals surface area contributed by atoms with Crippen molar-refractivity contribution >= 4 is 0 Å². The van der Waals surface area contributed by atoms with Crippen molar-refractivity contribution in [1.82, 2.24) is 9.78 Å². The van der Waals surface area contributed by atoms with Crippen LogP contribution in [0.1, 0.15) is 43.1 Å². The summed E-state index contributed by atoms with van der Waals surface area (Å²) in [5.74, 6) is 0. The van der Waals surface area contributed by atoms with Gasteiger partial charge in [-0.15, -0.1) is 0 Å². The molecule has 1 heterocycles. The average Bonchev–Trinajstić information content (AvgIpc) is 2.69. The Bertz CT molecular complexity index is 348. The third-order valence-corrected chi connectivity index (χ3v) is 2.88. The number of halogens is 3. The lowest BCUT2D eigenvalue weighted by Crippen LogP contribution is -2.11. The SMILES string of the molecule is Cc1cc(C(F)(F)F)nn1C1CCCC1. The number of aryl methyl sites for hydroxylation is 1. The Morgan fingerprint density at radius 2 is 1.93 bits per heavy atom. The van der Waals surface area contributed by atoms with Crippen LogP contribution in [-0.4, -0.2) is 9.78 Å². The van der Waals surface area contributed by atoms with Gasteiger partial charge < -0.3 is 0 Å². The highest BCUT2D eigenvalue weighted by atomic mass is 19.4. The highest BCUT2D eigenvalue weighted by Gasteiger charge is 2.35. The molecule has 1 aromatic rings. The fourth-order valence-electron chi connectivity index (χ4n) is 2.14. The molecule has 0 saturated heterocycles. The van der Waals surface area contributed by atoms with Crippen LogP contribution < -0.4 is 0 Å². The van der Waals surface area contributed by atoms with Gasteiger partial charge in [-0.25, -0.2) is 0 Å². The molecule has 84 valence electrons. The molecule has 0 bridgehead atoms. The predicted molar refractivity (Wildman–Crippen MR) is 49.5 cm³/mol. The molecule has 0 spiro atoms. The molecule has 2 rings (SSSR count). The van der Waals surface area contributed by atoms with Gasteiger partial charge in [0, 0.05) is 5.69 Å². The normalized spacial score (nSPS) is 18.7. The molecule has 2 nitrogen and oxygen atoms in total. The van der Waals surface area contributed by atoms with Crippen molar-refractivity contribution in [2.24, 2.45) is 0 Å². The molecule has 0 amide bonds. The molecule has 1 fully saturated rings. The molecular formula is C10H13F3N2. The van der Waals surface area contributed by atoms with Gasteiger partial charge in [-0.05, 0) is 25.8 Å². The molecule has 0 unspecified atom stereocenters. The number of rotatable bonds is 1. The van der Waals surface area contributed by atoms with E-state index in [1.54, 1.807) is 6.92 Å². The van der Waals surface area contributed by atoms with Crippen LogP contribution in [0.5, 0.6) is 0 Å². The standard InChI is InChI=1S/C10H13F3N2/c1-7-6-9(10(11,12)13)14-15(7)8-4-2-3-5-8/h6,8H,2-5H2,1H3. The van der Waals surface area contributed by atoms with Crippen molar-refractivity contribution < 1.29 is 13.2 Å². The Labute approximate surface area is 86.1 Å². The highest BCUT2D eigenvalue weighted by molar-refractivity contribution is 5.12. The van der Waals surface area contributed by atoms with E-state index in [0.29, 0.717) is 5.69 Å². The summed E-state index contributed by atoms with van der Waals surface area (Å²) in [5.41, 5.74) is -0.166. The van der Waals surface area contributed by atoms with Gasteiger partial charge in [0.05, 0.1) is 6.04 Å². The highest BCUT2D eigenvalue weighted by Crippen LogP contribution is 2.33. The van der Waals surface area contributed by atoms with Crippen molar-refractivity contribution in [2.75, 3.05) is 0 Å². The molecule has 0 radical (unpaired) electrons. The fraction of sp³-hybridized carbons (Fsp3) is 0.700. The van der Waals surface area contributed by atoms with Crippen LogP contribution in [0, 0.1) is 6.92 Å². The average molecular weight is 218 g/mol. The largest absolute Gasteiger partial charge is 0.435 e. The lowest BCUT2D eigenvalue weighted by Gasteiger charge is -2.11. The molecule has 0 N–H and O–H groups in total. The van der Waals surface area contributed by atoms with E-state index < -0.39 is 11.9 Å². The van der Waals surface area contributed by atoms with Crippen LogP contribution in [-0.2, 0) is 6.18 Å². The molecule has 1 aliphatic carbocycles. The van der Waals surface area contributed by atoms with E-state index in [1.807, 2.05) is 0 Å². The first-order chi connectivity index (χ1) is 6.98. The molecule has 15 heavy (non-hydrogen) atoms. The Kier molecular flexibility index (Phi) is 2.48. The molecule has 1 saturated carbocycles. The minimum Gasteiger partial charge on any atom is -0.266 e. The maximum absolute atomic E-state index is 12.4. The van der Waals surface area contributed by atoms with E-state index in [1.165, 1.54) is 4.68 Å². The zero-order valence-electron chi connectivity index (χ0n) is 8.51. The molecular weight excluding hydrogens is 205 g/mol. The fourth-order valence-corrected chi connectivity index (χ4v) is 2.14. The van der Waals surface area contributed by atoms with Crippen molar-refractivity contribution in [1.29, 1.82) is 0 Å². The first-order valence-electron chi connectivity index (χ1n) is 5.12. The summed E-state index contributed by atoms with van der Waals surface area (Å²) in [6.45, 7) is 1.68. The van der Waals surface area contributed by atoms with Crippen LogP contribution in [0.15, 0.2) is 6.07 Å². The lowest BCUT2D eigenvalue weighted by atomic mass is 10.2. The number of hydrogen-bond donors (Lipinski definition) is 0. The smallest absolute Gasteiger partial charge is 0.266 e. The van der Waals surface area contributed by atoms with Gasteiger partial charge in [0.1, 0.15) is 0 Å². The van der Waals surface area contributed by atoms with Crippen LogP contribution in [0.4, 0.5) is 13.2 Å². The summed E-state index contributed by atoms with van der Waals surface area (Å²) in [6, 6.07) is 1.29. The monoisotopic (exact) mass is 218 g/mol. The van der Waals surface area contributed by atoms with Gasteiger partial charge >= 0.3 is 6.18 Å². The Morgan fingerprint density at radius 3 is 2.40 bits per heavy atom. The van der Waals surface area contributed by atoms with Crippen LogP contribution >= 0.6 is 0 Å². The Morgan fingerprint density at radius 1 is 1.33 bits per heavy atom. The second kappa shape index (κ2) is 3.54. The summed E-state index contributed by atoms with van der Waals surface area (Å²) in [6.07, 6.45) is -0.259. The minimum absolute atomic E-state index is 0.168. The Balaban J connectivity index is 2.29. The van der Waals surface area contributed by atoms with Gasteiger partial charge in [-0.1, -0.05) is 12.8 Å². The van der Waals surface area contributed by atoms with Gasteiger partial charge in [0.2, 0.25) is 0 Å². The number of nitrogens with zero attached hydrogens (tertiary/aromatic N) is 2. The van der Waals surface area contributed by atoms with Crippen molar-refractivity contribution in [3.8, 4) is 0 Å². The predicted octanol–water partition coefficient (Wildman–Crippen LogP) is 3.33. The summed E-state index contributed by atoms with van der Waals surface area (Å²) in [4.78, 5) is 0. The number of aromatic nitrogens is 2. The summed E-state index contributed by atoms with van der Waals surface area (Å²) in [5, 5.41) is 3.65. The quantitative estimate of drug-likeness (QED) is 0.707. The molecule has 0 aliphatic heterocycles. The van der Waals surface area contributed by atoms with Crippen molar-refractivity contribution in [3.63, 3.8) is 0 Å². The molecule has 0 atom stereocenters. The van der Waals surface area contributed by atoms with Crippen LogP contribution in [0.2, 0.25) is 0 Å². The summed E-state index contributed by atoms with van der Waals surface area (Å²) in [7, 11) is 0. The maximum Gasteiger partial charge on any atom is 0.435 e. The van der Waals surface area contributed by atoms with Crippen LogP contribution in [0.3, 0.4) is 0 Å².